The summed E-state index contributed by atoms with van der Waals surface area (Å²) in [5.41, 5.74) is 6.71. The Balaban J connectivity index is 1.77. The van der Waals surface area contributed by atoms with Gasteiger partial charge in [-0.15, -0.1) is 0 Å². The molecule has 0 bridgehead atoms. The number of nitrogens with two attached hydrogens (primary N) is 1. The summed E-state index contributed by atoms with van der Waals surface area (Å²) in [6.07, 6.45) is 5.09. The first-order valence-corrected chi connectivity index (χ1v) is 6.84. The van der Waals surface area contributed by atoms with E-state index in [9.17, 15) is 4.79 Å². The molecule has 0 spiro atoms. The Kier molecular flexibility index (Phi) is 4.76. The molecule has 1 amide bonds. The standard InChI is InChI=1S/C15H22N2O/c16-11-14(13-6-2-1-3-7-13)15(18)17-10-4-5-12-8-9-12/h1-3,6-7,12,14H,4-5,8-11,16H2,(H,17,18). The first-order valence-electron chi connectivity index (χ1n) is 6.84. The summed E-state index contributed by atoms with van der Waals surface area (Å²) in [4.78, 5) is 12.0. The molecule has 18 heavy (non-hydrogen) atoms. The molecule has 2 rings (SSSR count). The van der Waals surface area contributed by atoms with Crippen LogP contribution in [0, 0.1) is 5.92 Å². The van der Waals surface area contributed by atoms with Gasteiger partial charge in [-0.05, 0) is 24.3 Å². The van der Waals surface area contributed by atoms with Crippen molar-refractivity contribution >= 4 is 5.91 Å². The molecule has 0 heterocycles. The average Bonchev–Trinajstić information content (AvgIpc) is 3.21. The molecule has 0 aliphatic heterocycles. The van der Waals surface area contributed by atoms with Gasteiger partial charge in [0.25, 0.3) is 0 Å². The Bertz CT molecular complexity index is 373. The molecule has 1 fully saturated rings. The van der Waals surface area contributed by atoms with Crippen LogP contribution in [0.4, 0.5) is 0 Å². The van der Waals surface area contributed by atoms with Crippen LogP contribution < -0.4 is 11.1 Å². The van der Waals surface area contributed by atoms with Crippen LogP contribution in [0.2, 0.25) is 0 Å². The first kappa shape index (κ1) is 13.1. The van der Waals surface area contributed by atoms with E-state index < -0.39 is 0 Å². The van der Waals surface area contributed by atoms with Crippen LogP contribution in [0.1, 0.15) is 37.2 Å². The predicted molar refractivity (Wildman–Crippen MR) is 73.2 cm³/mol. The summed E-state index contributed by atoms with van der Waals surface area (Å²) in [7, 11) is 0. The minimum atomic E-state index is -0.216. The number of hydrogen-bond acceptors (Lipinski definition) is 2. The smallest absolute Gasteiger partial charge is 0.228 e. The van der Waals surface area contributed by atoms with Gasteiger partial charge in [0.2, 0.25) is 5.91 Å². The molecule has 98 valence electrons. The van der Waals surface area contributed by atoms with Crippen molar-refractivity contribution in [3.63, 3.8) is 0 Å². The van der Waals surface area contributed by atoms with Gasteiger partial charge in [0, 0.05) is 13.1 Å². The van der Waals surface area contributed by atoms with E-state index in [4.69, 9.17) is 5.73 Å². The molecule has 0 aromatic heterocycles. The molecular weight excluding hydrogens is 224 g/mol. The van der Waals surface area contributed by atoms with Crippen molar-refractivity contribution in [2.45, 2.75) is 31.6 Å². The highest BCUT2D eigenvalue weighted by atomic mass is 16.1. The Morgan fingerprint density at radius 3 is 2.67 bits per heavy atom. The van der Waals surface area contributed by atoms with Crippen LogP contribution in [0.5, 0.6) is 0 Å². The molecule has 3 heteroatoms. The Hall–Kier alpha value is -1.35. The van der Waals surface area contributed by atoms with Crippen molar-refractivity contribution in [3.8, 4) is 0 Å². The van der Waals surface area contributed by atoms with Crippen molar-refractivity contribution < 1.29 is 4.79 Å². The number of nitrogens with one attached hydrogen (secondary N) is 1. The largest absolute Gasteiger partial charge is 0.356 e. The molecule has 1 saturated carbocycles. The molecule has 1 unspecified atom stereocenters. The molecule has 1 atom stereocenters. The van der Waals surface area contributed by atoms with Crippen LogP contribution in [0.25, 0.3) is 0 Å². The van der Waals surface area contributed by atoms with Crippen LogP contribution in [0.15, 0.2) is 30.3 Å². The third-order valence-corrected chi connectivity index (χ3v) is 3.54. The van der Waals surface area contributed by atoms with E-state index >= 15 is 0 Å². The van der Waals surface area contributed by atoms with E-state index in [2.05, 4.69) is 5.32 Å². The third kappa shape index (κ3) is 3.84. The molecule has 0 saturated heterocycles. The molecule has 1 aliphatic carbocycles. The minimum Gasteiger partial charge on any atom is -0.356 e. The summed E-state index contributed by atoms with van der Waals surface area (Å²) >= 11 is 0. The fourth-order valence-electron chi connectivity index (χ4n) is 2.21. The highest BCUT2D eigenvalue weighted by molar-refractivity contribution is 5.83. The summed E-state index contributed by atoms with van der Waals surface area (Å²) in [6.45, 7) is 1.14. The predicted octanol–water partition coefficient (Wildman–Crippen LogP) is 2.04. The molecule has 1 aliphatic rings. The number of rotatable bonds is 7. The zero-order valence-corrected chi connectivity index (χ0v) is 10.8. The molecule has 3 N–H and O–H groups in total. The van der Waals surface area contributed by atoms with Crippen molar-refractivity contribution in [3.05, 3.63) is 35.9 Å². The Morgan fingerprint density at radius 2 is 2.06 bits per heavy atom. The summed E-state index contributed by atoms with van der Waals surface area (Å²) in [5, 5.41) is 3.00. The van der Waals surface area contributed by atoms with Crippen molar-refractivity contribution in [1.29, 1.82) is 0 Å². The maximum Gasteiger partial charge on any atom is 0.228 e. The van der Waals surface area contributed by atoms with Crippen LogP contribution in [0.3, 0.4) is 0 Å². The lowest BCUT2D eigenvalue weighted by molar-refractivity contribution is -0.122. The van der Waals surface area contributed by atoms with Gasteiger partial charge in [-0.3, -0.25) is 4.79 Å². The number of benzene rings is 1. The van der Waals surface area contributed by atoms with Gasteiger partial charge in [0.1, 0.15) is 0 Å². The van der Waals surface area contributed by atoms with Gasteiger partial charge in [-0.25, -0.2) is 0 Å². The van der Waals surface area contributed by atoms with Gasteiger partial charge in [-0.1, -0.05) is 43.2 Å². The Morgan fingerprint density at radius 1 is 1.33 bits per heavy atom. The lowest BCUT2D eigenvalue weighted by Crippen LogP contribution is -2.34. The topological polar surface area (TPSA) is 55.1 Å². The molecular formula is C15H22N2O. The van der Waals surface area contributed by atoms with Crippen molar-refractivity contribution in [2.24, 2.45) is 11.7 Å². The lowest BCUT2D eigenvalue weighted by Gasteiger charge is -2.15. The number of carbonyl (C=O) groups excluding carboxylic acids is 1. The monoisotopic (exact) mass is 246 g/mol. The molecule has 1 aromatic carbocycles. The highest BCUT2D eigenvalue weighted by Crippen LogP contribution is 2.33. The van der Waals surface area contributed by atoms with Gasteiger partial charge < -0.3 is 11.1 Å². The van der Waals surface area contributed by atoms with E-state index in [-0.39, 0.29) is 11.8 Å². The maximum atomic E-state index is 12.0. The number of hydrogen-bond donors (Lipinski definition) is 2. The average molecular weight is 246 g/mol. The second-order valence-corrected chi connectivity index (χ2v) is 5.08. The van der Waals surface area contributed by atoms with Crippen LogP contribution in [-0.4, -0.2) is 19.0 Å². The number of carbonyl (C=O) groups is 1. The minimum absolute atomic E-state index is 0.0551. The Labute approximate surface area is 109 Å². The lowest BCUT2D eigenvalue weighted by atomic mass is 9.98. The second kappa shape index (κ2) is 6.55. The van der Waals surface area contributed by atoms with E-state index in [0.717, 1.165) is 24.4 Å². The van der Waals surface area contributed by atoms with E-state index in [1.54, 1.807) is 0 Å². The van der Waals surface area contributed by atoms with E-state index in [0.29, 0.717) is 6.54 Å². The molecule has 3 nitrogen and oxygen atoms in total. The fourth-order valence-corrected chi connectivity index (χ4v) is 2.21. The van der Waals surface area contributed by atoms with Crippen molar-refractivity contribution in [1.82, 2.24) is 5.32 Å². The second-order valence-electron chi connectivity index (χ2n) is 5.08. The van der Waals surface area contributed by atoms with Gasteiger partial charge in [-0.2, -0.15) is 0 Å². The quantitative estimate of drug-likeness (QED) is 0.723. The van der Waals surface area contributed by atoms with Crippen LogP contribution in [-0.2, 0) is 4.79 Å². The zero-order chi connectivity index (χ0) is 12.8. The summed E-state index contributed by atoms with van der Waals surface area (Å²) < 4.78 is 0. The van der Waals surface area contributed by atoms with Crippen LogP contribution >= 0.6 is 0 Å². The normalized spacial score (nSPS) is 16.3. The zero-order valence-electron chi connectivity index (χ0n) is 10.8. The molecule has 1 aromatic rings. The van der Waals surface area contributed by atoms with E-state index in [1.807, 2.05) is 30.3 Å². The van der Waals surface area contributed by atoms with Gasteiger partial charge in [0.15, 0.2) is 0 Å². The van der Waals surface area contributed by atoms with Gasteiger partial charge in [0.05, 0.1) is 5.92 Å². The SMILES string of the molecule is NCC(C(=O)NCCCC1CC1)c1ccccc1. The third-order valence-electron chi connectivity index (χ3n) is 3.54. The summed E-state index contributed by atoms with van der Waals surface area (Å²) in [6, 6.07) is 9.75. The summed E-state index contributed by atoms with van der Waals surface area (Å²) in [5.74, 6) is 0.771. The number of amides is 1. The molecule has 0 radical (unpaired) electrons. The van der Waals surface area contributed by atoms with E-state index in [1.165, 1.54) is 19.3 Å². The highest BCUT2D eigenvalue weighted by Gasteiger charge is 2.21. The van der Waals surface area contributed by atoms with Gasteiger partial charge >= 0.3 is 0 Å². The fraction of sp³-hybridized carbons (Fsp3) is 0.533. The first-order chi connectivity index (χ1) is 8.81. The maximum absolute atomic E-state index is 12.0. The van der Waals surface area contributed by atoms with Crippen molar-refractivity contribution in [2.75, 3.05) is 13.1 Å².